The summed E-state index contributed by atoms with van der Waals surface area (Å²) in [6, 6.07) is 20.3. The molecule has 32 heavy (non-hydrogen) atoms. The van der Waals surface area contributed by atoms with Crippen molar-refractivity contribution in [2.24, 2.45) is 4.99 Å². The van der Waals surface area contributed by atoms with Crippen LogP contribution in [0.1, 0.15) is 70.3 Å². The molecule has 0 spiro atoms. The highest BCUT2D eigenvalue weighted by atomic mass is 16.4. The van der Waals surface area contributed by atoms with Gasteiger partial charge >= 0.3 is 5.68 Å². The second-order valence-electron chi connectivity index (χ2n) is 9.21. The Kier molecular flexibility index (Phi) is 6.38. The quantitative estimate of drug-likeness (QED) is 0.475. The summed E-state index contributed by atoms with van der Waals surface area (Å²) in [6.45, 7) is 0. The van der Waals surface area contributed by atoms with E-state index in [-0.39, 0.29) is 17.6 Å². The van der Waals surface area contributed by atoms with Crippen molar-refractivity contribution in [1.29, 1.82) is 0 Å². The maximum absolute atomic E-state index is 14.2. The maximum atomic E-state index is 14.2. The molecule has 0 saturated heterocycles. The molecule has 0 radical (unpaired) electrons. The SMILES string of the molecule is O=c1c(-c2ccccc2)c(-c2ccccc2)oc(=NC2CCCCC2)n1C1CCCCC1. The summed E-state index contributed by atoms with van der Waals surface area (Å²) in [5.41, 5.74) is 3.01. The molecule has 4 nitrogen and oxygen atoms in total. The lowest BCUT2D eigenvalue weighted by molar-refractivity contribution is 0.289. The number of aromatic nitrogens is 1. The molecule has 0 aliphatic heterocycles. The van der Waals surface area contributed by atoms with Gasteiger partial charge in [0.15, 0.2) is 5.76 Å². The van der Waals surface area contributed by atoms with E-state index in [2.05, 4.69) is 0 Å². The molecule has 2 aliphatic rings. The minimum atomic E-state index is 0.0303. The Morgan fingerprint density at radius 2 is 1.28 bits per heavy atom. The van der Waals surface area contributed by atoms with Crippen LogP contribution in [0.2, 0.25) is 0 Å². The molecule has 3 aromatic rings. The molecule has 0 amide bonds. The minimum absolute atomic E-state index is 0.0303. The second kappa shape index (κ2) is 9.72. The van der Waals surface area contributed by atoms with Crippen LogP contribution in [0, 0.1) is 0 Å². The Morgan fingerprint density at radius 1 is 0.719 bits per heavy atom. The average molecular weight is 429 g/mol. The van der Waals surface area contributed by atoms with Gasteiger partial charge in [0.05, 0.1) is 11.6 Å². The summed E-state index contributed by atoms with van der Waals surface area (Å²) in [4.78, 5) is 19.2. The molecule has 2 aliphatic carbocycles. The standard InChI is InChI=1S/C28H32N2O2/c31-27-25(21-13-5-1-6-14-21)26(22-15-7-2-8-16-22)32-28(29-23-17-9-3-10-18-23)30(27)24-19-11-4-12-20-24/h1-2,5-8,13-16,23-24H,3-4,9-12,17-20H2. The Hall–Kier alpha value is -2.88. The van der Waals surface area contributed by atoms with Crippen molar-refractivity contribution in [3.63, 3.8) is 0 Å². The lowest BCUT2D eigenvalue weighted by atomic mass is 9.94. The predicted octanol–water partition coefficient (Wildman–Crippen LogP) is 6.51. The molecule has 166 valence electrons. The maximum Gasteiger partial charge on any atom is 0.300 e. The fourth-order valence-electron chi connectivity index (χ4n) is 5.26. The van der Waals surface area contributed by atoms with Crippen LogP contribution in [0.4, 0.5) is 0 Å². The highest BCUT2D eigenvalue weighted by Crippen LogP contribution is 2.31. The normalized spacial score (nSPS) is 18.7. The molecule has 2 aromatic carbocycles. The van der Waals surface area contributed by atoms with Gasteiger partial charge in [-0.25, -0.2) is 4.99 Å². The Labute approximate surface area is 189 Å². The zero-order chi connectivity index (χ0) is 21.8. The van der Waals surface area contributed by atoms with E-state index in [4.69, 9.17) is 9.41 Å². The molecule has 4 heteroatoms. The van der Waals surface area contributed by atoms with E-state index >= 15 is 0 Å². The van der Waals surface area contributed by atoms with Crippen LogP contribution in [-0.4, -0.2) is 10.6 Å². The van der Waals surface area contributed by atoms with Gasteiger partial charge < -0.3 is 4.42 Å². The lowest BCUT2D eigenvalue weighted by Crippen LogP contribution is -2.39. The zero-order valence-corrected chi connectivity index (χ0v) is 18.7. The summed E-state index contributed by atoms with van der Waals surface area (Å²) < 4.78 is 8.52. The third-order valence-corrected chi connectivity index (χ3v) is 6.97. The van der Waals surface area contributed by atoms with Gasteiger partial charge in [-0.2, -0.15) is 0 Å². The van der Waals surface area contributed by atoms with Crippen LogP contribution in [0.5, 0.6) is 0 Å². The van der Waals surface area contributed by atoms with Crippen molar-refractivity contribution < 1.29 is 4.42 Å². The first kappa shape index (κ1) is 21.0. The van der Waals surface area contributed by atoms with E-state index in [1.54, 1.807) is 0 Å². The zero-order valence-electron chi connectivity index (χ0n) is 18.7. The van der Waals surface area contributed by atoms with E-state index in [9.17, 15) is 4.79 Å². The second-order valence-corrected chi connectivity index (χ2v) is 9.21. The average Bonchev–Trinajstić information content (AvgIpc) is 2.86. The van der Waals surface area contributed by atoms with Gasteiger partial charge in [0.25, 0.3) is 5.56 Å². The molecule has 0 unspecified atom stereocenters. The van der Waals surface area contributed by atoms with Gasteiger partial charge in [-0.05, 0) is 31.2 Å². The fourth-order valence-corrected chi connectivity index (χ4v) is 5.26. The van der Waals surface area contributed by atoms with Crippen LogP contribution in [0.15, 0.2) is 74.9 Å². The highest BCUT2D eigenvalue weighted by Gasteiger charge is 2.25. The van der Waals surface area contributed by atoms with Crippen molar-refractivity contribution in [2.75, 3.05) is 0 Å². The van der Waals surface area contributed by atoms with E-state index < -0.39 is 0 Å². The number of rotatable bonds is 4. The van der Waals surface area contributed by atoms with Crippen LogP contribution in [0.3, 0.4) is 0 Å². The van der Waals surface area contributed by atoms with Crippen LogP contribution >= 0.6 is 0 Å². The predicted molar refractivity (Wildman–Crippen MR) is 128 cm³/mol. The van der Waals surface area contributed by atoms with E-state index in [1.807, 2.05) is 65.2 Å². The van der Waals surface area contributed by atoms with Gasteiger partial charge in [0.1, 0.15) is 0 Å². The van der Waals surface area contributed by atoms with Crippen molar-refractivity contribution >= 4 is 0 Å². The van der Waals surface area contributed by atoms with Crippen molar-refractivity contribution in [3.8, 4) is 22.5 Å². The number of benzene rings is 2. The number of hydrogen-bond donors (Lipinski definition) is 0. The molecule has 2 saturated carbocycles. The van der Waals surface area contributed by atoms with Gasteiger partial charge in [0.2, 0.25) is 0 Å². The summed E-state index contributed by atoms with van der Waals surface area (Å²) in [5.74, 6) is 0.628. The lowest BCUT2D eigenvalue weighted by Gasteiger charge is -2.25. The van der Waals surface area contributed by atoms with Gasteiger partial charge in [-0.1, -0.05) is 99.2 Å². The third kappa shape index (κ3) is 4.36. The van der Waals surface area contributed by atoms with Crippen molar-refractivity contribution in [3.05, 3.63) is 76.7 Å². The molecular weight excluding hydrogens is 396 g/mol. The van der Waals surface area contributed by atoms with Crippen LogP contribution < -0.4 is 11.2 Å². The Morgan fingerprint density at radius 3 is 1.91 bits per heavy atom. The molecule has 1 aromatic heterocycles. The first-order valence-electron chi connectivity index (χ1n) is 12.3. The largest absolute Gasteiger partial charge is 0.424 e. The molecule has 0 atom stereocenters. The Bertz CT molecular complexity index is 1150. The topological polar surface area (TPSA) is 47.5 Å². The van der Waals surface area contributed by atoms with E-state index in [1.165, 1.54) is 25.7 Å². The third-order valence-electron chi connectivity index (χ3n) is 6.97. The molecule has 5 rings (SSSR count). The van der Waals surface area contributed by atoms with Crippen LogP contribution in [0.25, 0.3) is 22.5 Å². The van der Waals surface area contributed by atoms with Gasteiger partial charge in [-0.15, -0.1) is 0 Å². The molecule has 0 bridgehead atoms. The summed E-state index contributed by atoms with van der Waals surface area (Å²) in [5, 5.41) is 0. The van der Waals surface area contributed by atoms with Crippen LogP contribution in [-0.2, 0) is 0 Å². The van der Waals surface area contributed by atoms with E-state index in [0.717, 1.165) is 49.7 Å². The molecule has 2 fully saturated rings. The summed E-state index contributed by atoms with van der Waals surface area (Å²) in [7, 11) is 0. The summed E-state index contributed by atoms with van der Waals surface area (Å²) >= 11 is 0. The molecule has 1 heterocycles. The monoisotopic (exact) mass is 428 g/mol. The van der Waals surface area contributed by atoms with Gasteiger partial charge in [-0.3, -0.25) is 9.36 Å². The minimum Gasteiger partial charge on any atom is -0.424 e. The van der Waals surface area contributed by atoms with Crippen molar-refractivity contribution in [1.82, 2.24) is 4.57 Å². The number of nitrogens with zero attached hydrogens (tertiary/aromatic N) is 2. The highest BCUT2D eigenvalue weighted by molar-refractivity contribution is 5.78. The first-order valence-corrected chi connectivity index (χ1v) is 12.3. The Balaban J connectivity index is 1.78. The van der Waals surface area contributed by atoms with Crippen molar-refractivity contribution in [2.45, 2.75) is 76.3 Å². The van der Waals surface area contributed by atoms with E-state index in [0.29, 0.717) is 17.0 Å². The van der Waals surface area contributed by atoms with Gasteiger partial charge in [0, 0.05) is 11.6 Å². The smallest absolute Gasteiger partial charge is 0.300 e. The fraction of sp³-hybridized carbons (Fsp3) is 0.429. The molecule has 0 N–H and O–H groups in total. The molecular formula is C28H32N2O2. The summed E-state index contributed by atoms with van der Waals surface area (Å²) in [6.07, 6.45) is 11.4. The first-order chi connectivity index (χ1) is 15.8. The number of hydrogen-bond acceptors (Lipinski definition) is 3.